The molecule has 5 N–H and O–H groups in total. The van der Waals surface area contributed by atoms with E-state index in [9.17, 15) is 33.6 Å². The van der Waals surface area contributed by atoms with E-state index in [-0.39, 0.29) is 56.2 Å². The maximum atomic E-state index is 11.8. The summed E-state index contributed by atoms with van der Waals surface area (Å²) >= 11 is 0. The van der Waals surface area contributed by atoms with Crippen LogP contribution in [0.5, 0.6) is 0 Å². The van der Waals surface area contributed by atoms with Crippen molar-refractivity contribution < 1.29 is 33.6 Å². The van der Waals surface area contributed by atoms with Crippen molar-refractivity contribution in [3.63, 3.8) is 0 Å². The lowest BCUT2D eigenvalue weighted by atomic mass is 10.2. The highest BCUT2D eigenvalue weighted by molar-refractivity contribution is 6.12. The number of amides is 7. The second kappa shape index (κ2) is 16.8. The van der Waals surface area contributed by atoms with Gasteiger partial charge in [-0.05, 0) is 19.3 Å². The van der Waals surface area contributed by atoms with Crippen molar-refractivity contribution in [1.29, 1.82) is 0 Å². The standard InChI is InChI=1S/C22H34N6O7/c1-2-3-10-23-17(30)12-25-19(32)14-27-20(33)15-26-18(31)13-24-16(29)7-5-4-6-11-28-21(34)8-9-22(28)35/h8-9H,2-7,10-15H2,1H3,(H,23,30)(H,24,29)(H,25,32)(H,26,31)(H,27,33). The summed E-state index contributed by atoms with van der Waals surface area (Å²) in [6, 6.07) is 0. The first-order valence-electron chi connectivity index (χ1n) is 11.6. The molecule has 1 heterocycles. The number of imide groups is 1. The predicted molar refractivity (Wildman–Crippen MR) is 124 cm³/mol. The van der Waals surface area contributed by atoms with E-state index in [4.69, 9.17) is 0 Å². The van der Waals surface area contributed by atoms with E-state index in [1.807, 2.05) is 6.92 Å². The van der Waals surface area contributed by atoms with Crippen molar-refractivity contribution in [2.75, 3.05) is 39.3 Å². The largest absolute Gasteiger partial charge is 0.355 e. The minimum atomic E-state index is -0.600. The Labute approximate surface area is 203 Å². The third kappa shape index (κ3) is 13.5. The maximum Gasteiger partial charge on any atom is 0.253 e. The van der Waals surface area contributed by atoms with E-state index in [1.54, 1.807) is 0 Å². The molecule has 0 spiro atoms. The fourth-order valence-electron chi connectivity index (χ4n) is 2.84. The lowest BCUT2D eigenvalue weighted by Crippen LogP contribution is -2.45. The van der Waals surface area contributed by atoms with Crippen LogP contribution in [0.2, 0.25) is 0 Å². The van der Waals surface area contributed by atoms with Gasteiger partial charge >= 0.3 is 0 Å². The highest BCUT2D eigenvalue weighted by Gasteiger charge is 2.22. The number of nitrogens with zero attached hydrogens (tertiary/aromatic N) is 1. The van der Waals surface area contributed by atoms with Crippen LogP contribution < -0.4 is 26.6 Å². The maximum absolute atomic E-state index is 11.8. The van der Waals surface area contributed by atoms with Crippen LogP contribution in [-0.2, 0) is 33.6 Å². The number of unbranched alkanes of at least 4 members (excludes halogenated alkanes) is 3. The van der Waals surface area contributed by atoms with Crippen LogP contribution in [0.15, 0.2) is 12.2 Å². The van der Waals surface area contributed by atoms with Crippen molar-refractivity contribution in [3.05, 3.63) is 12.2 Å². The van der Waals surface area contributed by atoms with Gasteiger partial charge in [0.1, 0.15) is 0 Å². The Morgan fingerprint density at radius 2 is 1.09 bits per heavy atom. The monoisotopic (exact) mass is 494 g/mol. The van der Waals surface area contributed by atoms with Crippen LogP contribution in [0.3, 0.4) is 0 Å². The molecule has 194 valence electrons. The SMILES string of the molecule is CCCCNC(=O)CNC(=O)CNC(=O)CNC(=O)CNC(=O)CCCCCN1C(=O)C=CC1=O. The van der Waals surface area contributed by atoms with Gasteiger partial charge in [0.25, 0.3) is 11.8 Å². The quantitative estimate of drug-likeness (QED) is 0.113. The molecule has 0 bridgehead atoms. The number of nitrogens with one attached hydrogen (secondary N) is 5. The highest BCUT2D eigenvalue weighted by Crippen LogP contribution is 2.07. The molecule has 0 aromatic rings. The van der Waals surface area contributed by atoms with Gasteiger partial charge in [-0.2, -0.15) is 0 Å². The van der Waals surface area contributed by atoms with Gasteiger partial charge in [-0.15, -0.1) is 0 Å². The first-order chi connectivity index (χ1) is 16.7. The van der Waals surface area contributed by atoms with Gasteiger partial charge in [-0.1, -0.05) is 19.8 Å². The molecule has 0 saturated heterocycles. The van der Waals surface area contributed by atoms with E-state index >= 15 is 0 Å². The van der Waals surface area contributed by atoms with Crippen molar-refractivity contribution in [2.24, 2.45) is 0 Å². The molecule has 0 saturated carbocycles. The van der Waals surface area contributed by atoms with Crippen LogP contribution in [0, 0.1) is 0 Å². The molecule has 0 aromatic carbocycles. The average Bonchev–Trinajstić information content (AvgIpc) is 3.15. The summed E-state index contributed by atoms with van der Waals surface area (Å²) in [5.74, 6) is -3.04. The summed E-state index contributed by atoms with van der Waals surface area (Å²) in [7, 11) is 0. The summed E-state index contributed by atoms with van der Waals surface area (Å²) in [6.45, 7) is 1.61. The number of hydrogen-bond acceptors (Lipinski definition) is 7. The van der Waals surface area contributed by atoms with E-state index in [1.165, 1.54) is 12.2 Å². The molecular weight excluding hydrogens is 460 g/mol. The van der Waals surface area contributed by atoms with Gasteiger partial charge in [0.2, 0.25) is 29.5 Å². The molecule has 0 atom stereocenters. The van der Waals surface area contributed by atoms with Gasteiger partial charge in [-0.3, -0.25) is 38.5 Å². The smallest absolute Gasteiger partial charge is 0.253 e. The molecule has 13 heteroatoms. The van der Waals surface area contributed by atoms with E-state index in [0.29, 0.717) is 32.4 Å². The lowest BCUT2D eigenvalue weighted by molar-refractivity contribution is -0.137. The van der Waals surface area contributed by atoms with Crippen LogP contribution >= 0.6 is 0 Å². The minimum absolute atomic E-state index is 0.180. The van der Waals surface area contributed by atoms with Crippen molar-refractivity contribution in [3.8, 4) is 0 Å². The molecule has 13 nitrogen and oxygen atoms in total. The van der Waals surface area contributed by atoms with Crippen LogP contribution in [0.4, 0.5) is 0 Å². The zero-order chi connectivity index (χ0) is 26.1. The Morgan fingerprint density at radius 1 is 0.629 bits per heavy atom. The minimum Gasteiger partial charge on any atom is -0.355 e. The van der Waals surface area contributed by atoms with E-state index < -0.39 is 17.7 Å². The first kappa shape index (κ1) is 29.3. The first-order valence-corrected chi connectivity index (χ1v) is 11.6. The van der Waals surface area contributed by atoms with Crippen molar-refractivity contribution in [2.45, 2.75) is 45.4 Å². The predicted octanol–water partition coefficient (Wildman–Crippen LogP) is -2.15. The molecule has 1 aliphatic rings. The average molecular weight is 495 g/mol. The normalized spacial score (nSPS) is 12.3. The molecular formula is C22H34N6O7. The molecule has 0 unspecified atom stereocenters. The molecule has 0 fully saturated rings. The van der Waals surface area contributed by atoms with Gasteiger partial charge in [0.05, 0.1) is 26.2 Å². The second-order valence-electron chi connectivity index (χ2n) is 7.78. The number of rotatable bonds is 17. The molecule has 0 radical (unpaired) electrons. The Kier molecular flexibility index (Phi) is 14.0. The lowest BCUT2D eigenvalue weighted by Gasteiger charge is -2.13. The molecule has 7 amide bonds. The number of carbonyl (C=O) groups excluding carboxylic acids is 7. The van der Waals surface area contributed by atoms with Crippen LogP contribution in [-0.4, -0.2) is 85.5 Å². The molecule has 1 rings (SSSR count). The van der Waals surface area contributed by atoms with Gasteiger partial charge < -0.3 is 26.6 Å². The second-order valence-corrected chi connectivity index (χ2v) is 7.78. The van der Waals surface area contributed by atoms with Gasteiger partial charge in [0.15, 0.2) is 0 Å². The Hall–Kier alpha value is -3.77. The van der Waals surface area contributed by atoms with Crippen LogP contribution in [0.25, 0.3) is 0 Å². The number of carbonyl (C=O) groups is 7. The Balaban J connectivity index is 2.03. The van der Waals surface area contributed by atoms with E-state index in [0.717, 1.165) is 17.7 Å². The molecule has 1 aliphatic heterocycles. The summed E-state index contributed by atoms with van der Waals surface area (Å²) in [5, 5.41) is 12.1. The molecule has 0 aliphatic carbocycles. The fraction of sp³-hybridized carbons (Fsp3) is 0.591. The summed E-state index contributed by atoms with van der Waals surface area (Å²) < 4.78 is 0. The zero-order valence-corrected chi connectivity index (χ0v) is 19.9. The summed E-state index contributed by atoms with van der Waals surface area (Å²) in [5.41, 5.74) is 0. The van der Waals surface area contributed by atoms with Gasteiger partial charge in [0, 0.05) is 31.7 Å². The van der Waals surface area contributed by atoms with Crippen molar-refractivity contribution in [1.82, 2.24) is 31.5 Å². The third-order valence-electron chi connectivity index (χ3n) is 4.82. The number of hydrogen-bond donors (Lipinski definition) is 5. The van der Waals surface area contributed by atoms with Crippen LogP contribution in [0.1, 0.15) is 45.4 Å². The van der Waals surface area contributed by atoms with E-state index in [2.05, 4.69) is 26.6 Å². The Morgan fingerprint density at radius 3 is 1.57 bits per heavy atom. The summed E-state index contributed by atoms with van der Waals surface area (Å²) in [4.78, 5) is 82.4. The Bertz CT molecular complexity index is 809. The zero-order valence-electron chi connectivity index (χ0n) is 19.9. The van der Waals surface area contributed by atoms with Crippen molar-refractivity contribution >= 4 is 41.4 Å². The molecule has 0 aromatic heterocycles. The summed E-state index contributed by atoms with van der Waals surface area (Å²) in [6.07, 6.45) is 6.14. The topological polar surface area (TPSA) is 183 Å². The molecule has 35 heavy (non-hydrogen) atoms. The highest BCUT2D eigenvalue weighted by atomic mass is 16.2. The van der Waals surface area contributed by atoms with Gasteiger partial charge in [-0.25, -0.2) is 0 Å². The fourth-order valence-corrected chi connectivity index (χ4v) is 2.84. The third-order valence-corrected chi connectivity index (χ3v) is 4.82.